The molecule has 0 spiro atoms. The van der Waals surface area contributed by atoms with Gasteiger partial charge in [-0.05, 0) is 31.0 Å². The summed E-state index contributed by atoms with van der Waals surface area (Å²) >= 11 is 0. The molecule has 3 aromatic rings. The molecule has 1 atom stereocenters. The Labute approximate surface area is 193 Å². The van der Waals surface area contributed by atoms with Crippen LogP contribution in [0.2, 0.25) is 0 Å². The molecule has 0 bridgehead atoms. The standard InChI is InChI=1S/C26H27N5O2/c1-4-22-21(18-33-24-15-10-16-27-26(24)30(22)3)13-8-9-14-23(32)25-28-19(2)31(29-25)17-20-11-6-5-7-12-20/h5-8,10-13,15-16,21H,1,9,14,17-18H2,2-3H3/b13-8+/t21-/m0/s1. The van der Waals surface area contributed by atoms with Crippen molar-refractivity contribution in [3.05, 3.63) is 96.0 Å². The Balaban J connectivity index is 1.36. The van der Waals surface area contributed by atoms with Gasteiger partial charge in [0, 0.05) is 19.7 Å². The summed E-state index contributed by atoms with van der Waals surface area (Å²) in [6.45, 7) is 6.76. The number of anilines is 1. The first-order chi connectivity index (χ1) is 16.1. The van der Waals surface area contributed by atoms with Crippen molar-refractivity contribution >= 4 is 11.6 Å². The quantitative estimate of drug-likeness (QED) is 0.308. The fraction of sp³-hybridized carbons (Fsp3) is 0.269. The van der Waals surface area contributed by atoms with Gasteiger partial charge < -0.3 is 9.64 Å². The molecule has 0 amide bonds. The van der Waals surface area contributed by atoms with Crippen molar-refractivity contribution in [1.82, 2.24) is 19.7 Å². The lowest BCUT2D eigenvalue weighted by atomic mass is 10.0. The van der Waals surface area contributed by atoms with Crippen LogP contribution in [-0.2, 0) is 6.54 Å². The van der Waals surface area contributed by atoms with Gasteiger partial charge in [-0.3, -0.25) is 4.79 Å². The molecule has 1 aliphatic heterocycles. The SMILES string of the molecule is C=C=C1[C@@H](/C=C/CCC(=O)c2nc(C)n(Cc3ccccc3)n2)COc2cccnc2N1C. The van der Waals surface area contributed by atoms with Gasteiger partial charge in [-0.1, -0.05) is 49.1 Å². The van der Waals surface area contributed by atoms with Crippen LogP contribution in [0.25, 0.3) is 0 Å². The van der Waals surface area contributed by atoms with Gasteiger partial charge in [0.15, 0.2) is 11.6 Å². The van der Waals surface area contributed by atoms with Gasteiger partial charge in [0.2, 0.25) is 11.6 Å². The summed E-state index contributed by atoms with van der Waals surface area (Å²) in [5, 5.41) is 4.42. The van der Waals surface area contributed by atoms with E-state index in [1.807, 2.05) is 73.5 Å². The Morgan fingerprint density at radius 1 is 1.27 bits per heavy atom. The van der Waals surface area contributed by atoms with Crippen molar-refractivity contribution in [2.24, 2.45) is 5.92 Å². The van der Waals surface area contributed by atoms with E-state index in [2.05, 4.69) is 27.4 Å². The van der Waals surface area contributed by atoms with Crippen LogP contribution >= 0.6 is 0 Å². The maximum Gasteiger partial charge on any atom is 0.217 e. The number of benzene rings is 1. The smallest absolute Gasteiger partial charge is 0.217 e. The summed E-state index contributed by atoms with van der Waals surface area (Å²) in [6.07, 6.45) is 6.69. The Kier molecular flexibility index (Phi) is 6.81. The predicted octanol–water partition coefficient (Wildman–Crippen LogP) is 4.36. The Bertz CT molecular complexity index is 1210. The van der Waals surface area contributed by atoms with Crippen LogP contribution in [0.3, 0.4) is 0 Å². The van der Waals surface area contributed by atoms with Crippen molar-refractivity contribution in [1.29, 1.82) is 0 Å². The maximum atomic E-state index is 12.6. The molecule has 4 rings (SSSR count). The second-order valence-corrected chi connectivity index (χ2v) is 7.88. The monoisotopic (exact) mass is 441 g/mol. The van der Waals surface area contributed by atoms with Crippen LogP contribution in [-0.4, -0.2) is 39.2 Å². The van der Waals surface area contributed by atoms with Crippen LogP contribution < -0.4 is 9.64 Å². The Morgan fingerprint density at radius 3 is 2.88 bits per heavy atom. The number of carbonyl (C=O) groups is 1. The van der Waals surface area contributed by atoms with Gasteiger partial charge in [0.1, 0.15) is 12.4 Å². The lowest BCUT2D eigenvalue weighted by Gasteiger charge is -2.21. The number of rotatable bonds is 7. The number of carbonyl (C=O) groups excluding carboxylic acids is 1. The first kappa shape index (κ1) is 22.2. The number of fused-ring (bicyclic) bond motifs is 1. The highest BCUT2D eigenvalue weighted by Gasteiger charge is 2.25. The second-order valence-electron chi connectivity index (χ2n) is 7.88. The van der Waals surface area contributed by atoms with E-state index in [9.17, 15) is 4.79 Å². The maximum absolute atomic E-state index is 12.6. The van der Waals surface area contributed by atoms with Gasteiger partial charge >= 0.3 is 0 Å². The summed E-state index contributed by atoms with van der Waals surface area (Å²) in [4.78, 5) is 23.4. The fourth-order valence-electron chi connectivity index (χ4n) is 3.80. The van der Waals surface area contributed by atoms with E-state index in [0.717, 1.165) is 28.7 Å². The first-order valence-electron chi connectivity index (χ1n) is 10.9. The molecule has 1 aliphatic rings. The zero-order chi connectivity index (χ0) is 23.2. The number of pyridine rings is 1. The largest absolute Gasteiger partial charge is 0.489 e. The molecule has 0 N–H and O–H groups in total. The average molecular weight is 442 g/mol. The molecule has 0 fully saturated rings. The van der Waals surface area contributed by atoms with Crippen LogP contribution in [0, 0.1) is 12.8 Å². The van der Waals surface area contributed by atoms with Gasteiger partial charge in [0.25, 0.3) is 0 Å². The molecular weight excluding hydrogens is 414 g/mol. The minimum atomic E-state index is -0.0695. The number of Topliss-reactive ketones (excluding diaryl/α,β-unsaturated/α-hetero) is 1. The van der Waals surface area contributed by atoms with Gasteiger partial charge in [0.05, 0.1) is 18.2 Å². The summed E-state index contributed by atoms with van der Waals surface area (Å²) in [7, 11) is 1.93. The normalized spacial score (nSPS) is 15.6. The van der Waals surface area contributed by atoms with Gasteiger partial charge in [-0.25, -0.2) is 14.6 Å². The third-order valence-electron chi connectivity index (χ3n) is 5.57. The van der Waals surface area contributed by atoms with E-state index in [-0.39, 0.29) is 17.5 Å². The van der Waals surface area contributed by atoms with Crippen molar-refractivity contribution in [3.63, 3.8) is 0 Å². The summed E-state index contributed by atoms with van der Waals surface area (Å²) in [5.74, 6) is 2.35. The predicted molar refractivity (Wildman–Crippen MR) is 127 cm³/mol. The lowest BCUT2D eigenvalue weighted by molar-refractivity contribution is 0.0973. The molecule has 168 valence electrons. The zero-order valence-corrected chi connectivity index (χ0v) is 18.9. The van der Waals surface area contributed by atoms with E-state index >= 15 is 0 Å². The molecule has 1 aromatic carbocycles. The summed E-state index contributed by atoms with van der Waals surface area (Å²) in [6, 6.07) is 13.8. The molecule has 0 unspecified atom stereocenters. The van der Waals surface area contributed by atoms with Crippen LogP contribution in [0.15, 0.2) is 78.8 Å². The van der Waals surface area contributed by atoms with Gasteiger partial charge in [-0.15, -0.1) is 10.8 Å². The second kappa shape index (κ2) is 10.1. The topological polar surface area (TPSA) is 73.1 Å². The van der Waals surface area contributed by atoms with E-state index in [1.54, 1.807) is 10.9 Å². The molecule has 0 aliphatic carbocycles. The van der Waals surface area contributed by atoms with E-state index < -0.39 is 0 Å². The number of aryl methyl sites for hydroxylation is 1. The minimum absolute atomic E-state index is 0.0396. The number of allylic oxidation sites excluding steroid dienone is 1. The number of ketones is 1. The van der Waals surface area contributed by atoms with Crippen LogP contribution in [0.4, 0.5) is 5.82 Å². The molecule has 0 saturated heterocycles. The molecule has 2 aromatic heterocycles. The number of aromatic nitrogens is 4. The first-order valence-corrected chi connectivity index (χ1v) is 10.9. The molecule has 0 saturated carbocycles. The molecule has 33 heavy (non-hydrogen) atoms. The highest BCUT2D eigenvalue weighted by atomic mass is 16.5. The van der Waals surface area contributed by atoms with Crippen molar-refractivity contribution in [2.45, 2.75) is 26.3 Å². The van der Waals surface area contributed by atoms with Crippen molar-refractivity contribution in [3.8, 4) is 5.75 Å². The van der Waals surface area contributed by atoms with Crippen molar-refractivity contribution in [2.75, 3.05) is 18.6 Å². The molecule has 3 heterocycles. The number of nitrogens with zero attached hydrogens (tertiary/aromatic N) is 5. The zero-order valence-electron chi connectivity index (χ0n) is 18.9. The van der Waals surface area contributed by atoms with E-state index in [4.69, 9.17) is 4.74 Å². The third kappa shape index (κ3) is 5.10. The lowest BCUT2D eigenvalue weighted by Crippen LogP contribution is -2.22. The van der Waals surface area contributed by atoms with Gasteiger partial charge in [-0.2, -0.15) is 0 Å². The molecular formula is C26H27N5O2. The van der Waals surface area contributed by atoms with Crippen LogP contribution in [0.1, 0.15) is 34.8 Å². The number of ether oxygens (including phenoxy) is 1. The van der Waals surface area contributed by atoms with Crippen LogP contribution in [0.5, 0.6) is 5.75 Å². The fourth-order valence-corrected chi connectivity index (χ4v) is 3.80. The Hall–Kier alpha value is -3.96. The van der Waals surface area contributed by atoms with E-state index in [0.29, 0.717) is 26.0 Å². The summed E-state index contributed by atoms with van der Waals surface area (Å²) < 4.78 is 7.71. The number of hydrogen-bond acceptors (Lipinski definition) is 6. The highest BCUT2D eigenvalue weighted by Crippen LogP contribution is 2.33. The molecule has 7 nitrogen and oxygen atoms in total. The Morgan fingerprint density at radius 2 is 2.09 bits per heavy atom. The molecule has 7 heteroatoms. The van der Waals surface area contributed by atoms with E-state index in [1.165, 1.54) is 0 Å². The minimum Gasteiger partial charge on any atom is -0.489 e. The highest BCUT2D eigenvalue weighted by molar-refractivity contribution is 5.92. The van der Waals surface area contributed by atoms with Crippen molar-refractivity contribution < 1.29 is 9.53 Å². The number of hydrogen-bond donors (Lipinski definition) is 0. The average Bonchev–Trinajstić information content (AvgIpc) is 3.13. The molecule has 0 radical (unpaired) electrons. The third-order valence-corrected chi connectivity index (χ3v) is 5.57. The summed E-state index contributed by atoms with van der Waals surface area (Å²) in [5.41, 5.74) is 5.02.